The van der Waals surface area contributed by atoms with Gasteiger partial charge in [-0.15, -0.1) is 0 Å². The van der Waals surface area contributed by atoms with E-state index in [-0.39, 0.29) is 5.54 Å². The fourth-order valence-corrected chi connectivity index (χ4v) is 1.10. The molecule has 0 aliphatic heterocycles. The average Bonchev–Trinajstić information content (AvgIpc) is 1.82. The number of carboxylic acid groups (broad SMARTS) is 1. The van der Waals surface area contributed by atoms with Crippen LogP contribution in [0.1, 0.15) is 33.6 Å². The maximum absolute atomic E-state index is 10.7. The first-order valence-corrected chi connectivity index (χ1v) is 4.44. The van der Waals surface area contributed by atoms with Gasteiger partial charge in [0.25, 0.3) is 0 Å². The lowest BCUT2D eigenvalue weighted by molar-refractivity contribution is -0.145. The van der Waals surface area contributed by atoms with Crippen LogP contribution < -0.4 is 5.73 Å². The van der Waals surface area contributed by atoms with E-state index in [1.54, 1.807) is 0 Å². The van der Waals surface area contributed by atoms with Crippen molar-refractivity contribution < 1.29 is 15.0 Å². The van der Waals surface area contributed by atoms with Gasteiger partial charge in [-0.2, -0.15) is 0 Å². The quantitative estimate of drug-likeness (QED) is 0.591. The number of rotatable bonds is 5. The summed E-state index contributed by atoms with van der Waals surface area (Å²) in [7, 11) is 0. The molecule has 0 aliphatic carbocycles. The molecule has 0 aromatic rings. The second kappa shape index (κ2) is 4.58. The second-order valence-corrected chi connectivity index (χ2v) is 4.21. The van der Waals surface area contributed by atoms with Crippen molar-refractivity contribution in [1.29, 1.82) is 0 Å². The molecule has 2 atom stereocenters. The van der Waals surface area contributed by atoms with Crippen LogP contribution in [-0.4, -0.2) is 27.8 Å². The van der Waals surface area contributed by atoms with E-state index in [4.69, 9.17) is 15.9 Å². The van der Waals surface area contributed by atoms with Gasteiger partial charge in [0, 0.05) is 5.54 Å². The first-order valence-electron chi connectivity index (χ1n) is 4.44. The van der Waals surface area contributed by atoms with E-state index in [9.17, 15) is 4.79 Å². The fraction of sp³-hybridized carbons (Fsp3) is 0.889. The minimum Gasteiger partial charge on any atom is -0.481 e. The van der Waals surface area contributed by atoms with Gasteiger partial charge in [-0.3, -0.25) is 4.79 Å². The number of aliphatic hydroxyl groups excluding tert-OH is 1. The summed E-state index contributed by atoms with van der Waals surface area (Å²) in [6, 6.07) is 0. The first kappa shape index (κ1) is 12.4. The molecule has 0 aromatic heterocycles. The maximum Gasteiger partial charge on any atom is 0.309 e. The zero-order chi connectivity index (χ0) is 10.6. The lowest BCUT2D eigenvalue weighted by Gasteiger charge is -2.22. The van der Waals surface area contributed by atoms with Crippen molar-refractivity contribution in [3.63, 3.8) is 0 Å². The van der Waals surface area contributed by atoms with Crippen molar-refractivity contribution in [3.05, 3.63) is 0 Å². The van der Waals surface area contributed by atoms with Gasteiger partial charge in [-0.25, -0.2) is 0 Å². The van der Waals surface area contributed by atoms with E-state index in [0.717, 1.165) is 0 Å². The van der Waals surface area contributed by atoms with Crippen molar-refractivity contribution in [3.8, 4) is 0 Å². The summed E-state index contributed by atoms with van der Waals surface area (Å²) in [5, 5.41) is 17.9. The molecule has 0 spiro atoms. The van der Waals surface area contributed by atoms with Crippen LogP contribution in [0.15, 0.2) is 0 Å². The number of aliphatic hydroxyl groups is 1. The Kier molecular flexibility index (Phi) is 4.36. The van der Waals surface area contributed by atoms with Gasteiger partial charge in [0.15, 0.2) is 0 Å². The minimum absolute atomic E-state index is 0.372. The van der Waals surface area contributed by atoms with Gasteiger partial charge in [0.1, 0.15) is 0 Å². The summed E-state index contributed by atoms with van der Waals surface area (Å²) in [6.07, 6.45) is 0.186. The summed E-state index contributed by atoms with van der Waals surface area (Å²) in [4.78, 5) is 10.7. The molecule has 0 aromatic carbocycles. The van der Waals surface area contributed by atoms with Gasteiger partial charge in [0.05, 0.1) is 12.0 Å². The monoisotopic (exact) mass is 189 g/mol. The third kappa shape index (κ3) is 5.60. The Morgan fingerprint density at radius 2 is 2.00 bits per heavy atom. The van der Waals surface area contributed by atoms with Crippen LogP contribution in [0.2, 0.25) is 0 Å². The summed E-state index contributed by atoms with van der Waals surface area (Å²) in [5.74, 6) is -1.66. The molecule has 13 heavy (non-hydrogen) atoms. The molecule has 0 saturated heterocycles. The third-order valence-corrected chi connectivity index (χ3v) is 2.00. The summed E-state index contributed by atoms with van der Waals surface area (Å²) in [6.45, 7) is 5.17. The lowest BCUT2D eigenvalue weighted by Crippen LogP contribution is -2.35. The zero-order valence-corrected chi connectivity index (χ0v) is 8.45. The van der Waals surface area contributed by atoms with Crippen LogP contribution in [-0.2, 0) is 4.79 Å². The average molecular weight is 189 g/mol. The van der Waals surface area contributed by atoms with Crippen molar-refractivity contribution in [1.82, 2.24) is 0 Å². The molecule has 0 saturated carbocycles. The molecule has 0 bridgehead atoms. The first-order chi connectivity index (χ1) is 5.74. The molecular weight excluding hydrogens is 170 g/mol. The zero-order valence-electron chi connectivity index (χ0n) is 8.45. The maximum atomic E-state index is 10.7. The largest absolute Gasteiger partial charge is 0.481 e. The van der Waals surface area contributed by atoms with E-state index in [2.05, 4.69) is 0 Å². The Morgan fingerprint density at radius 1 is 1.54 bits per heavy atom. The molecule has 0 aliphatic rings. The normalized spacial score (nSPS) is 16.7. The summed E-state index contributed by atoms with van der Waals surface area (Å²) in [5.41, 5.74) is 5.34. The number of hydrogen-bond acceptors (Lipinski definition) is 3. The molecule has 4 heteroatoms. The standard InChI is InChI=1S/C9H19NO3/c1-6(11)7(8(12)13)4-5-9(2,3)10/h6-7,11H,4-5,10H2,1-3H3,(H,12,13). The van der Waals surface area contributed by atoms with Gasteiger partial charge in [0.2, 0.25) is 0 Å². The highest BCUT2D eigenvalue weighted by Gasteiger charge is 2.25. The van der Waals surface area contributed by atoms with E-state index >= 15 is 0 Å². The van der Waals surface area contributed by atoms with Crippen molar-refractivity contribution in [2.24, 2.45) is 11.7 Å². The summed E-state index contributed by atoms with van der Waals surface area (Å²) >= 11 is 0. The number of hydrogen-bond donors (Lipinski definition) is 3. The Bertz CT molecular complexity index is 172. The SMILES string of the molecule is CC(O)C(CCC(C)(C)N)C(=O)O. The lowest BCUT2D eigenvalue weighted by atomic mass is 9.90. The molecule has 4 nitrogen and oxygen atoms in total. The van der Waals surface area contributed by atoms with Crippen molar-refractivity contribution in [2.45, 2.75) is 45.3 Å². The predicted molar refractivity (Wildman–Crippen MR) is 50.3 cm³/mol. The van der Waals surface area contributed by atoms with Gasteiger partial charge in [-0.05, 0) is 33.6 Å². The number of aliphatic carboxylic acids is 1. The number of nitrogens with two attached hydrogens (primary N) is 1. The molecule has 0 rings (SSSR count). The van der Waals surface area contributed by atoms with Gasteiger partial charge < -0.3 is 15.9 Å². The van der Waals surface area contributed by atoms with Crippen molar-refractivity contribution >= 4 is 5.97 Å². The van der Waals surface area contributed by atoms with E-state index in [1.807, 2.05) is 13.8 Å². The Labute approximate surface area is 78.7 Å². The highest BCUT2D eigenvalue weighted by Crippen LogP contribution is 2.17. The predicted octanol–water partition coefficient (Wildman–Crippen LogP) is 0.585. The summed E-state index contributed by atoms with van der Waals surface area (Å²) < 4.78 is 0. The molecule has 2 unspecified atom stereocenters. The highest BCUT2D eigenvalue weighted by atomic mass is 16.4. The molecule has 0 radical (unpaired) electrons. The van der Waals surface area contributed by atoms with Crippen LogP contribution in [0.25, 0.3) is 0 Å². The Hall–Kier alpha value is -0.610. The fourth-order valence-electron chi connectivity index (χ4n) is 1.10. The van der Waals surface area contributed by atoms with E-state index < -0.39 is 18.0 Å². The Morgan fingerprint density at radius 3 is 2.23 bits per heavy atom. The van der Waals surface area contributed by atoms with Crippen LogP contribution in [0, 0.1) is 5.92 Å². The second-order valence-electron chi connectivity index (χ2n) is 4.21. The van der Waals surface area contributed by atoms with Crippen LogP contribution in [0.3, 0.4) is 0 Å². The topological polar surface area (TPSA) is 83.5 Å². The van der Waals surface area contributed by atoms with Crippen LogP contribution in [0.4, 0.5) is 0 Å². The van der Waals surface area contributed by atoms with E-state index in [1.165, 1.54) is 6.92 Å². The number of carbonyl (C=O) groups is 1. The molecular formula is C9H19NO3. The molecule has 0 fully saturated rings. The van der Waals surface area contributed by atoms with Crippen LogP contribution >= 0.6 is 0 Å². The Balaban J connectivity index is 4.06. The van der Waals surface area contributed by atoms with Gasteiger partial charge in [-0.1, -0.05) is 0 Å². The third-order valence-electron chi connectivity index (χ3n) is 2.00. The molecule has 0 amide bonds. The highest BCUT2D eigenvalue weighted by molar-refractivity contribution is 5.70. The smallest absolute Gasteiger partial charge is 0.309 e. The van der Waals surface area contributed by atoms with Crippen LogP contribution in [0.5, 0.6) is 0 Å². The molecule has 4 N–H and O–H groups in total. The molecule has 78 valence electrons. The number of carboxylic acids is 1. The van der Waals surface area contributed by atoms with Crippen molar-refractivity contribution in [2.75, 3.05) is 0 Å². The van der Waals surface area contributed by atoms with E-state index in [0.29, 0.717) is 12.8 Å². The molecule has 0 heterocycles. The van der Waals surface area contributed by atoms with Gasteiger partial charge >= 0.3 is 5.97 Å². The minimum atomic E-state index is -0.959.